The molecule has 3 rings (SSSR count). The summed E-state index contributed by atoms with van der Waals surface area (Å²) in [6.45, 7) is 6.12. The average molecular weight is 359 g/mol. The van der Waals surface area contributed by atoms with Crippen LogP contribution in [-0.4, -0.2) is 39.8 Å². The van der Waals surface area contributed by atoms with Gasteiger partial charge in [-0.3, -0.25) is 4.79 Å². The second-order valence-corrected chi connectivity index (χ2v) is 7.76. The highest BCUT2D eigenvalue weighted by Gasteiger charge is 2.21. The summed E-state index contributed by atoms with van der Waals surface area (Å²) in [6.07, 6.45) is 2.90. The third-order valence-corrected chi connectivity index (χ3v) is 5.56. The fourth-order valence-electron chi connectivity index (χ4n) is 3.01. The maximum Gasteiger partial charge on any atom is 0.277 e. The van der Waals surface area contributed by atoms with E-state index >= 15 is 0 Å². The molecule has 1 amide bonds. The summed E-state index contributed by atoms with van der Waals surface area (Å²) < 4.78 is 5.70. The molecule has 134 valence electrons. The topological polar surface area (TPSA) is 59.2 Å². The number of benzene rings is 1. The summed E-state index contributed by atoms with van der Waals surface area (Å²) in [4.78, 5) is 14.2. The van der Waals surface area contributed by atoms with Crippen LogP contribution in [0.25, 0.3) is 0 Å². The summed E-state index contributed by atoms with van der Waals surface area (Å²) in [5.41, 5.74) is 1.25. The summed E-state index contributed by atoms with van der Waals surface area (Å²) >= 11 is 1.34. The minimum Gasteiger partial charge on any atom is -0.416 e. The number of rotatable bonds is 6. The van der Waals surface area contributed by atoms with Gasteiger partial charge in [-0.15, -0.1) is 10.2 Å². The van der Waals surface area contributed by atoms with Crippen LogP contribution in [0.4, 0.5) is 0 Å². The second kappa shape index (κ2) is 8.52. The van der Waals surface area contributed by atoms with Crippen LogP contribution in [-0.2, 0) is 11.2 Å². The van der Waals surface area contributed by atoms with Crippen LogP contribution in [0.5, 0.6) is 0 Å². The Morgan fingerprint density at radius 1 is 1.28 bits per heavy atom. The molecule has 1 aliphatic heterocycles. The Kier molecular flexibility index (Phi) is 6.13. The van der Waals surface area contributed by atoms with Crippen molar-refractivity contribution in [2.45, 2.75) is 44.3 Å². The third-order valence-electron chi connectivity index (χ3n) is 4.75. The van der Waals surface area contributed by atoms with Gasteiger partial charge >= 0.3 is 0 Å². The quantitative estimate of drug-likeness (QED) is 0.735. The van der Waals surface area contributed by atoms with Gasteiger partial charge in [0.25, 0.3) is 5.22 Å². The van der Waals surface area contributed by atoms with Crippen LogP contribution >= 0.6 is 11.8 Å². The van der Waals surface area contributed by atoms with E-state index in [9.17, 15) is 4.79 Å². The smallest absolute Gasteiger partial charge is 0.277 e. The Hall–Kier alpha value is -1.82. The molecule has 6 heteroatoms. The van der Waals surface area contributed by atoms with Gasteiger partial charge in [-0.1, -0.05) is 55.9 Å². The number of likely N-dealkylation sites (tertiary alicyclic amines) is 1. The summed E-state index contributed by atoms with van der Waals surface area (Å²) in [5.74, 6) is 2.19. The molecule has 0 spiro atoms. The maximum atomic E-state index is 12.3. The molecule has 0 aliphatic carbocycles. The molecule has 25 heavy (non-hydrogen) atoms. The standard InChI is InChI=1S/C19H25N3O2S/c1-14-8-10-22(11-9-14)18(23)13-25-19-21-20-17(24-19)12-15(2)16-6-4-3-5-7-16/h3-7,14-15H,8-13H2,1-2H3. The molecule has 2 aromatic rings. The molecule has 5 nitrogen and oxygen atoms in total. The lowest BCUT2D eigenvalue weighted by Crippen LogP contribution is -2.38. The number of hydrogen-bond donors (Lipinski definition) is 0. The molecule has 1 fully saturated rings. The molecule has 2 heterocycles. The molecule has 0 radical (unpaired) electrons. The Balaban J connectivity index is 1.47. The SMILES string of the molecule is CC1CCN(C(=O)CSc2nnc(CC(C)c3ccccc3)o2)CC1. The van der Waals surface area contributed by atoms with Crippen molar-refractivity contribution >= 4 is 17.7 Å². The normalized spacial score (nSPS) is 16.8. The van der Waals surface area contributed by atoms with Gasteiger partial charge < -0.3 is 9.32 Å². The van der Waals surface area contributed by atoms with Gasteiger partial charge in [0.2, 0.25) is 11.8 Å². The molecule has 0 N–H and O–H groups in total. The highest BCUT2D eigenvalue weighted by atomic mass is 32.2. The van der Waals surface area contributed by atoms with Crippen LogP contribution < -0.4 is 0 Å². The Morgan fingerprint density at radius 2 is 2.00 bits per heavy atom. The number of carbonyl (C=O) groups excluding carboxylic acids is 1. The minimum absolute atomic E-state index is 0.161. The molecular formula is C19H25N3O2S. The van der Waals surface area contributed by atoms with Gasteiger partial charge in [-0.05, 0) is 30.2 Å². The van der Waals surface area contributed by atoms with Crippen LogP contribution in [0.2, 0.25) is 0 Å². The van der Waals surface area contributed by atoms with Gasteiger partial charge in [-0.25, -0.2) is 0 Å². The van der Waals surface area contributed by atoms with Crippen molar-refractivity contribution in [3.8, 4) is 0 Å². The van der Waals surface area contributed by atoms with E-state index in [1.54, 1.807) is 0 Å². The van der Waals surface area contributed by atoms with E-state index in [2.05, 4.69) is 36.2 Å². The van der Waals surface area contributed by atoms with Crippen molar-refractivity contribution in [1.82, 2.24) is 15.1 Å². The van der Waals surface area contributed by atoms with Gasteiger partial charge in [0.1, 0.15) is 0 Å². The predicted octanol–water partition coefficient (Wildman–Crippen LogP) is 3.77. The van der Waals surface area contributed by atoms with Crippen molar-refractivity contribution in [3.63, 3.8) is 0 Å². The van der Waals surface area contributed by atoms with Crippen molar-refractivity contribution in [1.29, 1.82) is 0 Å². The molecule has 1 aliphatic rings. The highest BCUT2D eigenvalue weighted by Crippen LogP contribution is 2.23. The second-order valence-electron chi connectivity index (χ2n) is 6.83. The summed E-state index contributed by atoms with van der Waals surface area (Å²) in [6, 6.07) is 10.3. The molecular weight excluding hydrogens is 334 g/mol. The maximum absolute atomic E-state index is 12.3. The summed E-state index contributed by atoms with van der Waals surface area (Å²) in [5, 5.41) is 8.67. The average Bonchev–Trinajstić information content (AvgIpc) is 3.08. The van der Waals surface area contributed by atoms with Crippen molar-refractivity contribution in [3.05, 3.63) is 41.8 Å². The van der Waals surface area contributed by atoms with Gasteiger partial charge in [0.15, 0.2) is 0 Å². The van der Waals surface area contributed by atoms with Gasteiger partial charge in [0, 0.05) is 19.5 Å². The van der Waals surface area contributed by atoms with Crippen LogP contribution in [0.1, 0.15) is 44.1 Å². The van der Waals surface area contributed by atoms with E-state index in [4.69, 9.17) is 4.42 Å². The first-order valence-corrected chi connectivity index (χ1v) is 9.88. The Bertz CT molecular complexity index is 681. The zero-order valence-electron chi connectivity index (χ0n) is 14.9. The van der Waals surface area contributed by atoms with Crippen LogP contribution in [0.3, 0.4) is 0 Å². The van der Waals surface area contributed by atoms with Crippen molar-refractivity contribution < 1.29 is 9.21 Å². The third kappa shape index (κ3) is 5.08. The lowest BCUT2D eigenvalue weighted by Gasteiger charge is -2.30. The number of carbonyl (C=O) groups is 1. The van der Waals surface area contributed by atoms with Gasteiger partial charge in [0.05, 0.1) is 5.75 Å². The number of amides is 1. The molecule has 0 saturated carbocycles. The van der Waals surface area contributed by atoms with Crippen LogP contribution in [0, 0.1) is 5.92 Å². The van der Waals surface area contributed by atoms with Crippen molar-refractivity contribution in [2.75, 3.05) is 18.8 Å². The number of nitrogens with zero attached hydrogens (tertiary/aromatic N) is 3. The number of thioether (sulfide) groups is 1. The first-order chi connectivity index (χ1) is 12.1. The largest absolute Gasteiger partial charge is 0.416 e. The lowest BCUT2D eigenvalue weighted by atomic mass is 9.98. The predicted molar refractivity (Wildman–Crippen MR) is 98.6 cm³/mol. The fraction of sp³-hybridized carbons (Fsp3) is 0.526. The summed E-state index contributed by atoms with van der Waals surface area (Å²) in [7, 11) is 0. The molecule has 1 saturated heterocycles. The lowest BCUT2D eigenvalue weighted by molar-refractivity contribution is -0.129. The van der Waals surface area contributed by atoms with E-state index in [0.29, 0.717) is 29.2 Å². The highest BCUT2D eigenvalue weighted by molar-refractivity contribution is 7.99. The number of piperidine rings is 1. The van der Waals surface area contributed by atoms with E-state index in [0.717, 1.165) is 31.8 Å². The first kappa shape index (κ1) is 18.0. The number of aromatic nitrogens is 2. The van der Waals surface area contributed by atoms with Crippen LogP contribution in [0.15, 0.2) is 40.0 Å². The number of hydrogen-bond acceptors (Lipinski definition) is 5. The molecule has 0 bridgehead atoms. The Morgan fingerprint density at radius 3 is 2.72 bits per heavy atom. The monoisotopic (exact) mass is 359 g/mol. The van der Waals surface area contributed by atoms with E-state index < -0.39 is 0 Å². The minimum atomic E-state index is 0.161. The van der Waals surface area contributed by atoms with Gasteiger partial charge in [-0.2, -0.15) is 0 Å². The molecule has 1 aromatic heterocycles. The molecule has 1 atom stereocenters. The van der Waals surface area contributed by atoms with E-state index in [1.165, 1.54) is 17.3 Å². The zero-order valence-corrected chi connectivity index (χ0v) is 15.7. The van der Waals surface area contributed by atoms with E-state index in [1.807, 2.05) is 23.1 Å². The zero-order chi connectivity index (χ0) is 17.6. The molecule has 1 aromatic carbocycles. The van der Waals surface area contributed by atoms with E-state index in [-0.39, 0.29) is 5.91 Å². The Labute approximate surface area is 153 Å². The fourth-order valence-corrected chi connectivity index (χ4v) is 3.70. The van der Waals surface area contributed by atoms with Crippen molar-refractivity contribution in [2.24, 2.45) is 5.92 Å². The molecule has 1 unspecified atom stereocenters. The first-order valence-electron chi connectivity index (χ1n) is 8.89.